The van der Waals surface area contributed by atoms with Crippen molar-refractivity contribution in [3.63, 3.8) is 0 Å². The SMILES string of the molecule is CCC(O)(CC)CSc1ccc(N)nc1. The minimum absolute atomic E-state index is 0.528. The summed E-state index contributed by atoms with van der Waals surface area (Å²) in [4.78, 5) is 5.05. The molecule has 3 nitrogen and oxygen atoms in total. The maximum absolute atomic E-state index is 10.1. The standard InChI is InChI=1S/C11H18N2OS/c1-3-11(14,4-2)8-15-9-5-6-10(12)13-7-9/h5-7,14H,3-4,8H2,1-2H3,(H2,12,13). The van der Waals surface area contributed by atoms with Crippen LogP contribution in [0.1, 0.15) is 26.7 Å². The molecule has 0 unspecified atom stereocenters. The predicted octanol–water partition coefficient (Wildman–Crippen LogP) is 2.31. The molecular weight excluding hydrogens is 208 g/mol. The molecule has 0 spiro atoms. The van der Waals surface area contributed by atoms with Gasteiger partial charge in [-0.05, 0) is 25.0 Å². The lowest BCUT2D eigenvalue weighted by molar-refractivity contribution is 0.0572. The Morgan fingerprint density at radius 3 is 2.53 bits per heavy atom. The molecule has 15 heavy (non-hydrogen) atoms. The number of nitrogen functional groups attached to an aromatic ring is 1. The summed E-state index contributed by atoms with van der Waals surface area (Å²) >= 11 is 1.62. The molecule has 1 rings (SSSR count). The van der Waals surface area contributed by atoms with E-state index in [1.54, 1.807) is 24.0 Å². The molecule has 1 heterocycles. The van der Waals surface area contributed by atoms with Crippen LogP contribution in [0.15, 0.2) is 23.2 Å². The highest BCUT2D eigenvalue weighted by atomic mass is 32.2. The molecule has 1 aromatic heterocycles. The average molecular weight is 226 g/mol. The van der Waals surface area contributed by atoms with Crippen molar-refractivity contribution in [2.24, 2.45) is 0 Å². The van der Waals surface area contributed by atoms with Crippen LogP contribution in [0.3, 0.4) is 0 Å². The Morgan fingerprint density at radius 1 is 1.40 bits per heavy atom. The number of aliphatic hydroxyl groups is 1. The van der Waals surface area contributed by atoms with Crippen molar-refractivity contribution >= 4 is 17.6 Å². The second kappa shape index (κ2) is 5.37. The number of nitrogens with two attached hydrogens (primary N) is 1. The third-order valence-corrected chi connectivity index (χ3v) is 3.84. The molecule has 0 radical (unpaired) electrons. The Labute approximate surface area is 95.1 Å². The van der Waals surface area contributed by atoms with E-state index in [4.69, 9.17) is 5.73 Å². The number of nitrogens with zero attached hydrogens (tertiary/aromatic N) is 1. The lowest BCUT2D eigenvalue weighted by Crippen LogP contribution is -2.29. The monoisotopic (exact) mass is 226 g/mol. The first-order valence-corrected chi connectivity index (χ1v) is 6.15. The summed E-state index contributed by atoms with van der Waals surface area (Å²) in [7, 11) is 0. The Bertz CT molecular complexity index is 296. The molecule has 0 fully saturated rings. The number of anilines is 1. The summed E-state index contributed by atoms with van der Waals surface area (Å²) in [6.45, 7) is 4.01. The second-order valence-electron chi connectivity index (χ2n) is 3.64. The average Bonchev–Trinajstić information content (AvgIpc) is 2.28. The smallest absolute Gasteiger partial charge is 0.123 e. The summed E-state index contributed by atoms with van der Waals surface area (Å²) in [6, 6.07) is 3.71. The maximum Gasteiger partial charge on any atom is 0.123 e. The van der Waals surface area contributed by atoms with Gasteiger partial charge < -0.3 is 10.8 Å². The van der Waals surface area contributed by atoms with Crippen molar-refractivity contribution in [1.29, 1.82) is 0 Å². The number of hydrogen-bond donors (Lipinski definition) is 2. The lowest BCUT2D eigenvalue weighted by atomic mass is 10.0. The van der Waals surface area contributed by atoms with Gasteiger partial charge in [-0.1, -0.05) is 13.8 Å². The summed E-state index contributed by atoms with van der Waals surface area (Å²) in [6.07, 6.45) is 3.30. The van der Waals surface area contributed by atoms with Gasteiger partial charge in [0.25, 0.3) is 0 Å². The van der Waals surface area contributed by atoms with E-state index in [0.717, 1.165) is 17.7 Å². The fourth-order valence-corrected chi connectivity index (χ4v) is 2.28. The van der Waals surface area contributed by atoms with E-state index in [2.05, 4.69) is 4.98 Å². The molecular formula is C11H18N2OS. The van der Waals surface area contributed by atoms with Crippen LogP contribution in [0.25, 0.3) is 0 Å². The van der Waals surface area contributed by atoms with Crippen LogP contribution in [0.2, 0.25) is 0 Å². The minimum atomic E-state index is -0.563. The normalized spacial score (nSPS) is 11.7. The third kappa shape index (κ3) is 3.72. The van der Waals surface area contributed by atoms with E-state index in [-0.39, 0.29) is 0 Å². The number of pyridine rings is 1. The van der Waals surface area contributed by atoms with E-state index in [1.807, 2.05) is 19.9 Å². The molecule has 0 saturated carbocycles. The molecule has 1 aromatic rings. The van der Waals surface area contributed by atoms with Crippen LogP contribution in [0.5, 0.6) is 0 Å². The number of thioether (sulfide) groups is 1. The van der Waals surface area contributed by atoms with Gasteiger partial charge in [-0.2, -0.15) is 0 Å². The molecule has 0 aliphatic carbocycles. The zero-order valence-corrected chi connectivity index (χ0v) is 10.0. The molecule has 0 saturated heterocycles. The van der Waals surface area contributed by atoms with Crippen molar-refractivity contribution in [1.82, 2.24) is 4.98 Å². The summed E-state index contributed by atoms with van der Waals surface area (Å²) in [5, 5.41) is 10.1. The largest absolute Gasteiger partial charge is 0.389 e. The number of hydrogen-bond acceptors (Lipinski definition) is 4. The molecule has 0 atom stereocenters. The first-order chi connectivity index (χ1) is 7.09. The first kappa shape index (κ1) is 12.3. The van der Waals surface area contributed by atoms with Crippen LogP contribution in [0, 0.1) is 0 Å². The van der Waals surface area contributed by atoms with Crippen molar-refractivity contribution in [2.75, 3.05) is 11.5 Å². The highest BCUT2D eigenvalue weighted by Crippen LogP contribution is 2.26. The highest BCUT2D eigenvalue weighted by molar-refractivity contribution is 7.99. The number of rotatable bonds is 5. The molecule has 0 amide bonds. The summed E-state index contributed by atoms with van der Waals surface area (Å²) in [5.41, 5.74) is 4.93. The van der Waals surface area contributed by atoms with Crippen LogP contribution in [-0.2, 0) is 0 Å². The zero-order chi connectivity index (χ0) is 11.3. The Balaban J connectivity index is 2.53. The Morgan fingerprint density at radius 2 is 2.07 bits per heavy atom. The lowest BCUT2D eigenvalue weighted by Gasteiger charge is -2.24. The van der Waals surface area contributed by atoms with E-state index in [9.17, 15) is 5.11 Å². The molecule has 3 N–H and O–H groups in total. The first-order valence-electron chi connectivity index (χ1n) is 5.16. The van der Waals surface area contributed by atoms with Crippen molar-refractivity contribution < 1.29 is 5.11 Å². The second-order valence-corrected chi connectivity index (χ2v) is 4.69. The van der Waals surface area contributed by atoms with Gasteiger partial charge >= 0.3 is 0 Å². The molecule has 84 valence electrons. The maximum atomic E-state index is 10.1. The van der Waals surface area contributed by atoms with Crippen molar-refractivity contribution in [2.45, 2.75) is 37.2 Å². The van der Waals surface area contributed by atoms with E-state index in [0.29, 0.717) is 11.6 Å². The van der Waals surface area contributed by atoms with E-state index >= 15 is 0 Å². The van der Waals surface area contributed by atoms with Gasteiger partial charge in [0.1, 0.15) is 5.82 Å². The van der Waals surface area contributed by atoms with Gasteiger partial charge in [0.05, 0.1) is 5.60 Å². The van der Waals surface area contributed by atoms with Gasteiger partial charge in [-0.25, -0.2) is 4.98 Å². The van der Waals surface area contributed by atoms with E-state index < -0.39 is 5.60 Å². The van der Waals surface area contributed by atoms with Gasteiger partial charge in [-0.3, -0.25) is 0 Å². The Hall–Kier alpha value is -0.740. The van der Waals surface area contributed by atoms with Gasteiger partial charge in [0, 0.05) is 16.8 Å². The molecule has 0 aliphatic heterocycles. The fourth-order valence-electron chi connectivity index (χ4n) is 1.15. The molecule has 0 bridgehead atoms. The molecule has 4 heteroatoms. The van der Waals surface area contributed by atoms with Crippen molar-refractivity contribution in [3.05, 3.63) is 18.3 Å². The third-order valence-electron chi connectivity index (χ3n) is 2.58. The van der Waals surface area contributed by atoms with Gasteiger partial charge in [-0.15, -0.1) is 11.8 Å². The predicted molar refractivity (Wildman–Crippen MR) is 64.9 cm³/mol. The Kier molecular flexibility index (Phi) is 4.42. The van der Waals surface area contributed by atoms with Crippen LogP contribution in [0.4, 0.5) is 5.82 Å². The quantitative estimate of drug-likeness (QED) is 0.756. The van der Waals surface area contributed by atoms with Crippen LogP contribution < -0.4 is 5.73 Å². The van der Waals surface area contributed by atoms with E-state index in [1.165, 1.54) is 0 Å². The van der Waals surface area contributed by atoms with Crippen LogP contribution in [-0.4, -0.2) is 21.4 Å². The zero-order valence-electron chi connectivity index (χ0n) is 9.23. The van der Waals surface area contributed by atoms with Crippen molar-refractivity contribution in [3.8, 4) is 0 Å². The van der Waals surface area contributed by atoms with Gasteiger partial charge in [0.15, 0.2) is 0 Å². The van der Waals surface area contributed by atoms with Crippen LogP contribution >= 0.6 is 11.8 Å². The number of aromatic nitrogens is 1. The minimum Gasteiger partial charge on any atom is -0.389 e. The highest BCUT2D eigenvalue weighted by Gasteiger charge is 2.22. The fraction of sp³-hybridized carbons (Fsp3) is 0.545. The molecule has 0 aliphatic rings. The van der Waals surface area contributed by atoms with Gasteiger partial charge in [0.2, 0.25) is 0 Å². The summed E-state index contributed by atoms with van der Waals surface area (Å²) < 4.78 is 0. The molecule has 0 aromatic carbocycles. The summed E-state index contributed by atoms with van der Waals surface area (Å²) in [5.74, 6) is 1.23. The topological polar surface area (TPSA) is 59.1 Å².